The van der Waals surface area contributed by atoms with Crippen LogP contribution in [-0.2, 0) is 0 Å². The highest BCUT2D eigenvalue weighted by atomic mass is 32.1. The summed E-state index contributed by atoms with van der Waals surface area (Å²) >= 11 is 3.85. The highest BCUT2D eigenvalue weighted by Gasteiger charge is 2.14. The molecule has 0 aliphatic carbocycles. The molecule has 2 heterocycles. The molecule has 0 nitrogen and oxygen atoms in total. The minimum Gasteiger partial charge on any atom is -0.134 e. The van der Waals surface area contributed by atoms with Crippen molar-refractivity contribution in [1.29, 1.82) is 0 Å². The summed E-state index contributed by atoms with van der Waals surface area (Å²) in [5.41, 5.74) is 10.0. The topological polar surface area (TPSA) is 0 Å². The van der Waals surface area contributed by atoms with Crippen molar-refractivity contribution in [1.82, 2.24) is 0 Å². The molecule has 2 aromatic heterocycles. The Balaban J connectivity index is 1.09. The van der Waals surface area contributed by atoms with Crippen molar-refractivity contribution in [2.45, 2.75) is 0 Å². The quantitative estimate of drug-likeness (QED) is 0.190. The molecule has 0 aliphatic heterocycles. The van der Waals surface area contributed by atoms with E-state index in [4.69, 9.17) is 0 Å². The summed E-state index contributed by atoms with van der Waals surface area (Å²) in [7, 11) is 0. The van der Waals surface area contributed by atoms with Crippen LogP contribution < -0.4 is 0 Å². The second-order valence-corrected chi connectivity index (χ2v) is 13.4. The molecule has 0 fully saturated rings. The number of thiophene rings is 2. The average molecular weight is 595 g/mol. The molecule has 0 spiro atoms. The minimum atomic E-state index is 1.25. The van der Waals surface area contributed by atoms with Crippen LogP contribution in [0.5, 0.6) is 0 Å². The maximum atomic E-state index is 2.37. The molecule has 0 aliphatic rings. The van der Waals surface area contributed by atoms with E-state index >= 15 is 0 Å². The first kappa shape index (κ1) is 25.5. The molecule has 9 rings (SSSR count). The Bertz CT molecular complexity index is 2270. The normalized spacial score (nSPS) is 11.6. The molecule has 0 amide bonds. The lowest BCUT2D eigenvalue weighted by Gasteiger charge is -2.05. The van der Waals surface area contributed by atoms with E-state index in [2.05, 4.69) is 158 Å². The Labute approximate surface area is 264 Å². The molecular formula is C42H26S2. The Hall–Kier alpha value is -5.02. The van der Waals surface area contributed by atoms with Gasteiger partial charge in [0.15, 0.2) is 0 Å². The Morgan fingerprint density at radius 2 is 0.545 bits per heavy atom. The molecule has 0 saturated heterocycles. The van der Waals surface area contributed by atoms with Crippen molar-refractivity contribution in [3.8, 4) is 44.5 Å². The zero-order valence-corrected chi connectivity index (χ0v) is 25.5. The lowest BCUT2D eigenvalue weighted by molar-refractivity contribution is 1.60. The molecule has 0 radical (unpaired) electrons. The number of rotatable bonds is 4. The minimum absolute atomic E-state index is 1.25. The summed E-state index contributed by atoms with van der Waals surface area (Å²) in [5, 5.41) is 5.39. The SMILES string of the molecule is c1ccc(-c2ccc(-c3ccc4c(c3)sc3c4ccc4c5ccc(-c6ccc(-c7ccccc7)cc6)cc5sc43)cc2)cc1. The van der Waals surface area contributed by atoms with E-state index in [1.54, 1.807) is 0 Å². The molecule has 0 atom stereocenters. The van der Waals surface area contributed by atoms with E-state index in [0.717, 1.165) is 0 Å². The Morgan fingerprint density at radius 1 is 0.250 bits per heavy atom. The summed E-state index contributed by atoms with van der Waals surface area (Å²) in [4.78, 5) is 0. The fourth-order valence-corrected chi connectivity index (χ4v) is 9.02. The van der Waals surface area contributed by atoms with Gasteiger partial charge >= 0.3 is 0 Å². The van der Waals surface area contributed by atoms with Gasteiger partial charge in [0.1, 0.15) is 0 Å². The third-order valence-electron chi connectivity index (χ3n) is 8.73. The number of hydrogen-bond acceptors (Lipinski definition) is 2. The van der Waals surface area contributed by atoms with E-state index in [1.165, 1.54) is 84.9 Å². The summed E-state index contributed by atoms with van der Waals surface area (Å²) in [6.07, 6.45) is 0. The van der Waals surface area contributed by atoms with E-state index in [9.17, 15) is 0 Å². The van der Waals surface area contributed by atoms with Crippen molar-refractivity contribution in [3.05, 3.63) is 158 Å². The van der Waals surface area contributed by atoms with Crippen LogP contribution in [0.25, 0.3) is 84.9 Å². The van der Waals surface area contributed by atoms with Gasteiger partial charge in [-0.2, -0.15) is 0 Å². The molecule has 44 heavy (non-hydrogen) atoms. The van der Waals surface area contributed by atoms with E-state index in [0.29, 0.717) is 0 Å². The van der Waals surface area contributed by atoms with Crippen LogP contribution >= 0.6 is 22.7 Å². The first-order chi connectivity index (χ1) is 21.8. The largest absolute Gasteiger partial charge is 0.134 e. The van der Waals surface area contributed by atoms with Crippen LogP contribution in [0.1, 0.15) is 0 Å². The lowest BCUT2D eigenvalue weighted by Crippen LogP contribution is -1.80. The van der Waals surface area contributed by atoms with Gasteiger partial charge in [-0.1, -0.05) is 146 Å². The van der Waals surface area contributed by atoms with Gasteiger partial charge in [-0.25, -0.2) is 0 Å². The van der Waals surface area contributed by atoms with E-state index in [1.807, 2.05) is 22.7 Å². The van der Waals surface area contributed by atoms with Gasteiger partial charge in [-0.3, -0.25) is 0 Å². The molecule has 0 bridgehead atoms. The maximum absolute atomic E-state index is 2.37. The average Bonchev–Trinajstić information content (AvgIpc) is 3.67. The van der Waals surface area contributed by atoms with Gasteiger partial charge in [0.05, 0.1) is 9.40 Å². The van der Waals surface area contributed by atoms with Gasteiger partial charge in [0, 0.05) is 30.9 Å². The summed E-state index contributed by atoms with van der Waals surface area (Å²) in [5.74, 6) is 0. The number of hydrogen-bond donors (Lipinski definition) is 0. The molecule has 0 saturated carbocycles. The molecule has 7 aromatic carbocycles. The van der Waals surface area contributed by atoms with E-state index in [-0.39, 0.29) is 0 Å². The molecular weight excluding hydrogens is 569 g/mol. The van der Waals surface area contributed by atoms with Gasteiger partial charge < -0.3 is 0 Å². The molecule has 2 heteroatoms. The third kappa shape index (κ3) is 4.26. The predicted molar refractivity (Wildman–Crippen MR) is 194 cm³/mol. The highest BCUT2D eigenvalue weighted by molar-refractivity contribution is 7.33. The van der Waals surface area contributed by atoms with Gasteiger partial charge in [-0.15, -0.1) is 22.7 Å². The Morgan fingerprint density at radius 3 is 0.932 bits per heavy atom. The molecule has 9 aromatic rings. The molecule has 0 unspecified atom stereocenters. The lowest BCUT2D eigenvalue weighted by atomic mass is 9.99. The summed E-state index contributed by atoms with van der Waals surface area (Å²) < 4.78 is 5.47. The third-order valence-corrected chi connectivity index (χ3v) is 11.2. The van der Waals surface area contributed by atoms with Crippen molar-refractivity contribution in [2.75, 3.05) is 0 Å². The second-order valence-electron chi connectivity index (χ2n) is 11.3. The Kier molecular flexibility index (Phi) is 5.97. The summed E-state index contributed by atoms with van der Waals surface area (Å²) in [6, 6.07) is 57.6. The fourth-order valence-electron chi connectivity index (χ4n) is 6.40. The smallest absolute Gasteiger partial charge is 0.0534 e. The second kappa shape index (κ2) is 10.3. The van der Waals surface area contributed by atoms with Crippen molar-refractivity contribution in [3.63, 3.8) is 0 Å². The van der Waals surface area contributed by atoms with Gasteiger partial charge in [-0.05, 0) is 56.6 Å². The highest BCUT2D eigenvalue weighted by Crippen LogP contribution is 2.45. The zero-order chi connectivity index (χ0) is 29.0. The van der Waals surface area contributed by atoms with Gasteiger partial charge in [0.25, 0.3) is 0 Å². The van der Waals surface area contributed by atoms with Crippen LogP contribution in [0, 0.1) is 0 Å². The van der Waals surface area contributed by atoms with Crippen LogP contribution in [0.3, 0.4) is 0 Å². The predicted octanol–water partition coefficient (Wildman–Crippen LogP) is 13.1. The maximum Gasteiger partial charge on any atom is 0.0534 e. The van der Waals surface area contributed by atoms with Gasteiger partial charge in [0.2, 0.25) is 0 Å². The van der Waals surface area contributed by atoms with Crippen molar-refractivity contribution < 1.29 is 0 Å². The summed E-state index contributed by atoms with van der Waals surface area (Å²) in [6.45, 7) is 0. The first-order valence-electron chi connectivity index (χ1n) is 14.9. The van der Waals surface area contributed by atoms with Crippen LogP contribution in [0.4, 0.5) is 0 Å². The van der Waals surface area contributed by atoms with Crippen molar-refractivity contribution in [2.24, 2.45) is 0 Å². The van der Waals surface area contributed by atoms with E-state index < -0.39 is 0 Å². The standard InChI is InChI=1S/C42H26S2/c1-3-7-27(8-4-1)29-11-15-31(16-12-29)33-19-21-35-37-23-24-38-36-22-20-34(26-40(36)44-42(38)41(37)43-39(35)25-33)32-17-13-30(14-18-32)28-9-5-2-6-10-28/h1-26H. The molecule has 206 valence electrons. The van der Waals surface area contributed by atoms with Crippen LogP contribution in [-0.4, -0.2) is 0 Å². The monoisotopic (exact) mass is 594 g/mol. The first-order valence-corrected chi connectivity index (χ1v) is 16.6. The molecule has 0 N–H and O–H groups in total. The van der Waals surface area contributed by atoms with Crippen molar-refractivity contribution >= 4 is 63.0 Å². The fraction of sp³-hybridized carbons (Fsp3) is 0. The zero-order valence-electron chi connectivity index (χ0n) is 23.8. The number of benzene rings is 7. The number of fused-ring (bicyclic) bond motifs is 7. The van der Waals surface area contributed by atoms with Crippen LogP contribution in [0.15, 0.2) is 158 Å². The van der Waals surface area contributed by atoms with Crippen LogP contribution in [0.2, 0.25) is 0 Å².